The quantitative estimate of drug-likeness (QED) is 0.831. The molecule has 1 saturated heterocycles. The Morgan fingerprint density at radius 1 is 1.30 bits per heavy atom. The number of hydrogen-bond donors (Lipinski definition) is 1. The van der Waals surface area contributed by atoms with E-state index in [1.807, 2.05) is 14.1 Å². The lowest BCUT2D eigenvalue weighted by molar-refractivity contribution is -0.143. The Labute approximate surface area is 135 Å². The van der Waals surface area contributed by atoms with Crippen molar-refractivity contribution in [2.75, 3.05) is 47.3 Å². The fourth-order valence-corrected chi connectivity index (χ4v) is 3.48. The van der Waals surface area contributed by atoms with Gasteiger partial charge in [-0.05, 0) is 39.8 Å². The molecule has 8 heteroatoms. The van der Waals surface area contributed by atoms with Crippen molar-refractivity contribution in [2.24, 2.45) is 0 Å². The predicted molar refractivity (Wildman–Crippen MR) is 82.3 cm³/mol. The van der Waals surface area contributed by atoms with Crippen molar-refractivity contribution in [3.05, 3.63) is 0 Å². The van der Waals surface area contributed by atoms with Crippen LogP contribution in [0.3, 0.4) is 0 Å². The highest BCUT2D eigenvalue weighted by Crippen LogP contribution is 2.36. The molecule has 0 aromatic rings. The molecule has 0 aromatic heterocycles. The van der Waals surface area contributed by atoms with Crippen LogP contribution in [0.15, 0.2) is 0 Å². The summed E-state index contributed by atoms with van der Waals surface area (Å²) >= 11 is 0. The van der Waals surface area contributed by atoms with E-state index in [-0.39, 0.29) is 24.2 Å². The van der Waals surface area contributed by atoms with E-state index in [4.69, 9.17) is 0 Å². The van der Waals surface area contributed by atoms with Gasteiger partial charge in [-0.1, -0.05) is 0 Å². The molecule has 2 amide bonds. The first kappa shape index (κ1) is 18.3. The van der Waals surface area contributed by atoms with Gasteiger partial charge in [0.25, 0.3) is 0 Å². The second-order valence-corrected chi connectivity index (χ2v) is 7.11. The first-order valence-electron chi connectivity index (χ1n) is 8.09. The maximum atomic E-state index is 12.4. The molecule has 0 bridgehead atoms. The Morgan fingerprint density at radius 3 is 2.43 bits per heavy atom. The standard InChI is InChI=1S/C15H27F3N4O/c1-20(2)14(6-4-7-14)10-21(3)13(23)19-12-5-8-22(9-12)11-15(16,17)18/h12H,4-11H2,1-3H3,(H,19,23)/t12-/m1/s1. The van der Waals surface area contributed by atoms with Gasteiger partial charge in [-0.15, -0.1) is 0 Å². The molecule has 1 aliphatic heterocycles. The minimum atomic E-state index is -4.18. The van der Waals surface area contributed by atoms with Crippen LogP contribution in [0.5, 0.6) is 0 Å². The lowest BCUT2D eigenvalue weighted by Crippen LogP contribution is -2.59. The van der Waals surface area contributed by atoms with Crippen LogP contribution in [-0.4, -0.2) is 85.8 Å². The summed E-state index contributed by atoms with van der Waals surface area (Å²) in [6, 6.07) is -0.402. The molecule has 2 fully saturated rings. The van der Waals surface area contributed by atoms with E-state index in [0.717, 1.165) is 12.8 Å². The first-order valence-corrected chi connectivity index (χ1v) is 8.09. The predicted octanol–water partition coefficient (Wildman–Crippen LogP) is 1.75. The summed E-state index contributed by atoms with van der Waals surface area (Å²) in [4.78, 5) is 17.5. The molecule has 0 unspecified atom stereocenters. The fraction of sp³-hybridized carbons (Fsp3) is 0.933. The van der Waals surface area contributed by atoms with E-state index >= 15 is 0 Å². The van der Waals surface area contributed by atoms with Crippen molar-refractivity contribution in [3.63, 3.8) is 0 Å². The number of hydrogen-bond acceptors (Lipinski definition) is 3. The second-order valence-electron chi connectivity index (χ2n) is 7.11. The average molecular weight is 336 g/mol. The number of carbonyl (C=O) groups excluding carboxylic acids is 1. The molecule has 23 heavy (non-hydrogen) atoms. The summed E-state index contributed by atoms with van der Waals surface area (Å²) < 4.78 is 37.2. The number of likely N-dealkylation sites (tertiary alicyclic amines) is 1. The normalized spacial score (nSPS) is 24.6. The summed E-state index contributed by atoms with van der Waals surface area (Å²) in [5, 5.41) is 2.86. The van der Waals surface area contributed by atoms with E-state index in [1.165, 1.54) is 11.3 Å². The summed E-state index contributed by atoms with van der Waals surface area (Å²) in [5.74, 6) is 0. The third-order valence-electron chi connectivity index (χ3n) is 5.11. The van der Waals surface area contributed by atoms with E-state index in [9.17, 15) is 18.0 Å². The van der Waals surface area contributed by atoms with Crippen molar-refractivity contribution < 1.29 is 18.0 Å². The number of urea groups is 1. The number of rotatable bonds is 5. The zero-order chi connectivity index (χ0) is 17.3. The second kappa shape index (κ2) is 6.84. The van der Waals surface area contributed by atoms with Crippen molar-refractivity contribution >= 4 is 6.03 Å². The van der Waals surface area contributed by atoms with Crippen molar-refractivity contribution in [3.8, 4) is 0 Å². The molecule has 2 aliphatic rings. The number of carbonyl (C=O) groups is 1. The molecule has 1 N–H and O–H groups in total. The van der Waals surface area contributed by atoms with E-state index in [2.05, 4.69) is 10.2 Å². The molecule has 1 atom stereocenters. The molecule has 134 valence electrons. The van der Waals surface area contributed by atoms with Gasteiger partial charge < -0.3 is 15.1 Å². The van der Waals surface area contributed by atoms with Gasteiger partial charge in [0, 0.05) is 38.3 Å². The van der Waals surface area contributed by atoms with Gasteiger partial charge in [-0.2, -0.15) is 13.2 Å². The minimum absolute atomic E-state index is 0.0457. The van der Waals surface area contributed by atoms with Crippen molar-refractivity contribution in [1.29, 1.82) is 0 Å². The highest BCUT2D eigenvalue weighted by atomic mass is 19.4. The number of amides is 2. The molecule has 0 aromatic carbocycles. The topological polar surface area (TPSA) is 38.8 Å². The van der Waals surface area contributed by atoms with Gasteiger partial charge in [-0.25, -0.2) is 4.79 Å². The van der Waals surface area contributed by atoms with Crippen molar-refractivity contribution in [2.45, 2.75) is 43.4 Å². The Hall–Kier alpha value is -1.02. The zero-order valence-corrected chi connectivity index (χ0v) is 14.1. The fourth-order valence-electron chi connectivity index (χ4n) is 3.48. The van der Waals surface area contributed by atoms with Gasteiger partial charge in [0.1, 0.15) is 0 Å². The largest absolute Gasteiger partial charge is 0.401 e. The molecular formula is C15H27F3N4O. The lowest BCUT2D eigenvalue weighted by Gasteiger charge is -2.49. The first-order chi connectivity index (χ1) is 10.6. The number of nitrogens with zero attached hydrogens (tertiary/aromatic N) is 3. The van der Waals surface area contributed by atoms with E-state index < -0.39 is 12.7 Å². The van der Waals surface area contributed by atoms with Gasteiger partial charge in [-0.3, -0.25) is 4.90 Å². The highest BCUT2D eigenvalue weighted by molar-refractivity contribution is 5.74. The van der Waals surface area contributed by atoms with Crippen LogP contribution in [-0.2, 0) is 0 Å². The third-order valence-corrected chi connectivity index (χ3v) is 5.11. The molecule has 0 spiro atoms. The summed E-state index contributed by atoms with van der Waals surface area (Å²) in [6.45, 7) is 0.373. The molecule has 2 rings (SSSR count). The SMILES string of the molecule is CN(CC1(N(C)C)CCC1)C(=O)N[C@@H]1CCN(CC(F)(F)F)C1. The van der Waals surface area contributed by atoms with Crippen LogP contribution in [0.25, 0.3) is 0 Å². The van der Waals surface area contributed by atoms with E-state index in [1.54, 1.807) is 11.9 Å². The molecule has 1 aliphatic carbocycles. The number of nitrogens with one attached hydrogen (secondary N) is 1. The number of likely N-dealkylation sites (N-methyl/N-ethyl adjacent to an activating group) is 2. The van der Waals surface area contributed by atoms with Gasteiger partial charge >= 0.3 is 12.2 Å². The molecule has 1 saturated carbocycles. The molecule has 1 heterocycles. The van der Waals surface area contributed by atoms with Crippen LogP contribution >= 0.6 is 0 Å². The van der Waals surface area contributed by atoms with Crippen LogP contribution < -0.4 is 5.32 Å². The minimum Gasteiger partial charge on any atom is -0.334 e. The van der Waals surface area contributed by atoms with Gasteiger partial charge in [0.2, 0.25) is 0 Å². The summed E-state index contributed by atoms with van der Waals surface area (Å²) in [6.07, 6.45) is -0.310. The number of alkyl halides is 3. The third kappa shape index (κ3) is 4.73. The molecule has 5 nitrogen and oxygen atoms in total. The van der Waals surface area contributed by atoms with Gasteiger partial charge in [0.15, 0.2) is 0 Å². The smallest absolute Gasteiger partial charge is 0.334 e. The average Bonchev–Trinajstić information content (AvgIpc) is 2.77. The monoisotopic (exact) mass is 336 g/mol. The van der Waals surface area contributed by atoms with E-state index in [0.29, 0.717) is 19.5 Å². The lowest BCUT2D eigenvalue weighted by atomic mass is 9.75. The van der Waals surface area contributed by atoms with Crippen molar-refractivity contribution in [1.82, 2.24) is 20.0 Å². The summed E-state index contributed by atoms with van der Waals surface area (Å²) in [5.41, 5.74) is 0.0457. The summed E-state index contributed by atoms with van der Waals surface area (Å²) in [7, 11) is 5.80. The Kier molecular flexibility index (Phi) is 5.45. The Balaban J connectivity index is 1.78. The van der Waals surface area contributed by atoms with Crippen LogP contribution in [0.2, 0.25) is 0 Å². The highest BCUT2D eigenvalue weighted by Gasteiger charge is 2.41. The maximum absolute atomic E-state index is 12.4. The Bertz CT molecular complexity index is 423. The molecule has 0 radical (unpaired) electrons. The molecular weight excluding hydrogens is 309 g/mol. The van der Waals surface area contributed by atoms with Gasteiger partial charge in [0.05, 0.1) is 6.54 Å². The van der Waals surface area contributed by atoms with Crippen LogP contribution in [0.4, 0.5) is 18.0 Å². The van der Waals surface area contributed by atoms with Crippen LogP contribution in [0.1, 0.15) is 25.7 Å². The Morgan fingerprint density at radius 2 is 1.96 bits per heavy atom. The van der Waals surface area contributed by atoms with Crippen LogP contribution in [0, 0.1) is 0 Å². The maximum Gasteiger partial charge on any atom is 0.401 e. The number of halogens is 3. The zero-order valence-electron chi connectivity index (χ0n) is 14.1.